The van der Waals surface area contributed by atoms with E-state index in [0.717, 1.165) is 96.3 Å². The Labute approximate surface area is 382 Å². The maximum absolute atomic E-state index is 12.8. The molecule has 0 bridgehead atoms. The zero-order valence-electron chi connectivity index (χ0n) is 40.6. The van der Waals surface area contributed by atoms with Crippen molar-refractivity contribution in [3.63, 3.8) is 0 Å². The van der Waals surface area contributed by atoms with Crippen molar-refractivity contribution in [3.05, 3.63) is 72.9 Å². The molecule has 0 aliphatic carbocycles. The summed E-state index contributed by atoms with van der Waals surface area (Å²) in [5, 5.41) is 0. The van der Waals surface area contributed by atoms with Gasteiger partial charge in [-0.15, -0.1) is 0 Å². The van der Waals surface area contributed by atoms with Crippen LogP contribution in [0.4, 0.5) is 0 Å². The van der Waals surface area contributed by atoms with Crippen LogP contribution in [0, 0.1) is 0 Å². The fourth-order valence-corrected chi connectivity index (χ4v) is 7.09. The standard InChI is InChI=1S/C56H96O6/c1-4-7-10-13-16-19-21-23-25-26-27-28-29-30-32-33-35-37-40-43-46-49-55(58)61-52-53(51-60-54(57)48-45-42-39-18-15-12-9-6-3)62-56(59)50-47-44-41-38-36-34-31-24-22-20-17-14-11-8-5-2/h7,10,16,19,23,25,27-28,30,32,35,37,53H,4-6,8-9,11-15,17-18,20-22,24,26,29,31,33-34,36,38-52H2,1-3H3/b10-7-,19-16-,25-23-,28-27-,32-30-,37-35-. The molecule has 6 nitrogen and oxygen atoms in total. The smallest absolute Gasteiger partial charge is 0.306 e. The van der Waals surface area contributed by atoms with E-state index in [9.17, 15) is 14.4 Å². The zero-order chi connectivity index (χ0) is 45.1. The summed E-state index contributed by atoms with van der Waals surface area (Å²) in [6.07, 6.45) is 63.2. The third kappa shape index (κ3) is 47.9. The van der Waals surface area contributed by atoms with E-state index >= 15 is 0 Å². The zero-order valence-corrected chi connectivity index (χ0v) is 40.6. The van der Waals surface area contributed by atoms with Crippen LogP contribution in [0.3, 0.4) is 0 Å². The molecule has 356 valence electrons. The van der Waals surface area contributed by atoms with Crippen LogP contribution in [0.1, 0.15) is 245 Å². The van der Waals surface area contributed by atoms with Gasteiger partial charge >= 0.3 is 17.9 Å². The number of unbranched alkanes of at least 4 members (excludes halogenated alkanes) is 23. The van der Waals surface area contributed by atoms with Gasteiger partial charge in [-0.2, -0.15) is 0 Å². The molecule has 0 N–H and O–H groups in total. The SMILES string of the molecule is CC/C=C\C/C=C\C/C=C\C/C=C\C/C=C\C/C=C\CCCCC(=O)OCC(COC(=O)CCCCCCCCCC)OC(=O)CCCCCCCCCCCCCCCCC. The number of carbonyl (C=O) groups is 3. The second-order valence-corrected chi connectivity index (χ2v) is 17.1. The quantitative estimate of drug-likeness (QED) is 0.0262. The summed E-state index contributed by atoms with van der Waals surface area (Å²) in [6, 6.07) is 0. The predicted molar refractivity (Wildman–Crippen MR) is 265 cm³/mol. The summed E-state index contributed by atoms with van der Waals surface area (Å²) in [5.74, 6) is -0.933. The Hall–Kier alpha value is -3.15. The molecule has 0 aromatic heterocycles. The molecule has 0 saturated carbocycles. The highest BCUT2D eigenvalue weighted by Crippen LogP contribution is 2.15. The van der Waals surface area contributed by atoms with E-state index in [1.54, 1.807) is 0 Å². The van der Waals surface area contributed by atoms with Gasteiger partial charge in [-0.05, 0) is 70.6 Å². The highest BCUT2D eigenvalue weighted by Gasteiger charge is 2.19. The van der Waals surface area contributed by atoms with Gasteiger partial charge < -0.3 is 14.2 Å². The fourth-order valence-electron chi connectivity index (χ4n) is 7.09. The molecule has 6 heteroatoms. The van der Waals surface area contributed by atoms with Crippen LogP contribution in [-0.4, -0.2) is 37.2 Å². The Morgan fingerprint density at radius 3 is 0.984 bits per heavy atom. The summed E-state index contributed by atoms with van der Waals surface area (Å²) in [7, 11) is 0. The second-order valence-electron chi connectivity index (χ2n) is 17.1. The molecule has 0 amide bonds. The van der Waals surface area contributed by atoms with Gasteiger partial charge in [0.2, 0.25) is 0 Å². The van der Waals surface area contributed by atoms with E-state index in [-0.39, 0.29) is 31.1 Å². The van der Waals surface area contributed by atoms with Crippen molar-refractivity contribution in [2.24, 2.45) is 0 Å². The third-order valence-corrected chi connectivity index (χ3v) is 11.0. The van der Waals surface area contributed by atoms with Crippen molar-refractivity contribution >= 4 is 17.9 Å². The Bertz CT molecular complexity index is 1180. The second kappa shape index (κ2) is 50.5. The number of esters is 3. The monoisotopic (exact) mass is 865 g/mol. The van der Waals surface area contributed by atoms with E-state index in [4.69, 9.17) is 14.2 Å². The summed E-state index contributed by atoms with van der Waals surface area (Å²) in [6.45, 7) is 6.46. The van der Waals surface area contributed by atoms with Crippen LogP contribution >= 0.6 is 0 Å². The Morgan fingerprint density at radius 1 is 0.339 bits per heavy atom. The minimum Gasteiger partial charge on any atom is -0.462 e. The summed E-state index contributed by atoms with van der Waals surface area (Å²) in [4.78, 5) is 37.8. The molecule has 1 atom stereocenters. The number of allylic oxidation sites excluding steroid dienone is 12. The van der Waals surface area contributed by atoms with E-state index < -0.39 is 6.10 Å². The van der Waals surface area contributed by atoms with Gasteiger partial charge in [0.25, 0.3) is 0 Å². The van der Waals surface area contributed by atoms with E-state index in [0.29, 0.717) is 19.3 Å². The van der Waals surface area contributed by atoms with Gasteiger partial charge in [-0.25, -0.2) is 0 Å². The average Bonchev–Trinajstić information content (AvgIpc) is 3.27. The normalized spacial score (nSPS) is 12.6. The van der Waals surface area contributed by atoms with Crippen LogP contribution < -0.4 is 0 Å². The number of hydrogen-bond donors (Lipinski definition) is 0. The minimum absolute atomic E-state index is 0.0869. The lowest BCUT2D eigenvalue weighted by Gasteiger charge is -2.18. The van der Waals surface area contributed by atoms with Crippen LogP contribution in [0.15, 0.2) is 72.9 Å². The maximum Gasteiger partial charge on any atom is 0.306 e. The van der Waals surface area contributed by atoms with Crippen LogP contribution in [0.2, 0.25) is 0 Å². The van der Waals surface area contributed by atoms with Gasteiger partial charge in [0.05, 0.1) is 0 Å². The van der Waals surface area contributed by atoms with Crippen LogP contribution in [0.5, 0.6) is 0 Å². The van der Waals surface area contributed by atoms with Crippen molar-refractivity contribution in [1.29, 1.82) is 0 Å². The minimum atomic E-state index is -0.788. The highest BCUT2D eigenvalue weighted by atomic mass is 16.6. The number of hydrogen-bond acceptors (Lipinski definition) is 6. The fraction of sp³-hybridized carbons (Fsp3) is 0.732. The number of ether oxygens (including phenoxy) is 3. The molecule has 0 aromatic rings. The summed E-state index contributed by atoms with van der Waals surface area (Å²) >= 11 is 0. The van der Waals surface area contributed by atoms with E-state index in [1.807, 2.05) is 0 Å². The molecule has 0 fully saturated rings. The van der Waals surface area contributed by atoms with Crippen molar-refractivity contribution in [2.75, 3.05) is 13.2 Å². The topological polar surface area (TPSA) is 78.9 Å². The van der Waals surface area contributed by atoms with Crippen LogP contribution in [0.25, 0.3) is 0 Å². The summed E-state index contributed by atoms with van der Waals surface area (Å²) < 4.78 is 16.7. The molecule has 62 heavy (non-hydrogen) atoms. The van der Waals surface area contributed by atoms with E-state index in [1.165, 1.54) is 109 Å². The van der Waals surface area contributed by atoms with Crippen molar-refractivity contribution in [2.45, 2.75) is 252 Å². The molecule has 0 aliphatic rings. The van der Waals surface area contributed by atoms with Crippen molar-refractivity contribution in [3.8, 4) is 0 Å². The Balaban J connectivity index is 4.36. The molecular formula is C56H96O6. The molecule has 0 aliphatic heterocycles. The number of rotatable bonds is 46. The lowest BCUT2D eigenvalue weighted by Crippen LogP contribution is -2.30. The predicted octanol–water partition coefficient (Wildman–Crippen LogP) is 17.0. The van der Waals surface area contributed by atoms with Crippen molar-refractivity contribution in [1.82, 2.24) is 0 Å². The lowest BCUT2D eigenvalue weighted by molar-refractivity contribution is -0.167. The third-order valence-electron chi connectivity index (χ3n) is 11.0. The van der Waals surface area contributed by atoms with Gasteiger partial charge in [-0.3, -0.25) is 14.4 Å². The molecule has 0 rings (SSSR count). The van der Waals surface area contributed by atoms with Gasteiger partial charge in [0, 0.05) is 19.3 Å². The first-order valence-corrected chi connectivity index (χ1v) is 25.9. The largest absolute Gasteiger partial charge is 0.462 e. The van der Waals surface area contributed by atoms with Gasteiger partial charge in [-0.1, -0.05) is 229 Å². The molecule has 0 heterocycles. The maximum atomic E-state index is 12.8. The molecule has 0 radical (unpaired) electrons. The van der Waals surface area contributed by atoms with Crippen LogP contribution in [-0.2, 0) is 28.6 Å². The average molecular weight is 865 g/mol. The lowest BCUT2D eigenvalue weighted by atomic mass is 10.0. The molecule has 0 spiro atoms. The molecule has 0 aromatic carbocycles. The van der Waals surface area contributed by atoms with Gasteiger partial charge in [0.15, 0.2) is 6.10 Å². The van der Waals surface area contributed by atoms with Crippen molar-refractivity contribution < 1.29 is 28.6 Å². The van der Waals surface area contributed by atoms with Gasteiger partial charge in [0.1, 0.15) is 13.2 Å². The van der Waals surface area contributed by atoms with E-state index in [2.05, 4.69) is 93.7 Å². The summed E-state index contributed by atoms with van der Waals surface area (Å²) in [5.41, 5.74) is 0. The first-order valence-electron chi connectivity index (χ1n) is 25.9. The number of carbonyl (C=O) groups excluding carboxylic acids is 3. The Kier molecular flexibility index (Phi) is 47.9. The molecule has 1 unspecified atom stereocenters. The highest BCUT2D eigenvalue weighted by molar-refractivity contribution is 5.71. The molecular weight excluding hydrogens is 769 g/mol. The first kappa shape index (κ1) is 58.9. The Morgan fingerprint density at radius 2 is 0.629 bits per heavy atom. The first-order chi connectivity index (χ1) is 30.5. The molecule has 0 saturated heterocycles.